The molecule has 1 aromatic rings. The van der Waals surface area contributed by atoms with Crippen LogP contribution in [0.1, 0.15) is 6.92 Å². The molecule has 0 saturated heterocycles. The number of nitrogens with one attached hydrogen (secondary N) is 2. The lowest BCUT2D eigenvalue weighted by molar-refractivity contribution is -0.384. The van der Waals surface area contributed by atoms with Gasteiger partial charge in [0.1, 0.15) is 5.69 Å². The Hall–Kier alpha value is -1.71. The Kier molecular flexibility index (Phi) is 5.43. The van der Waals surface area contributed by atoms with Gasteiger partial charge in [0.2, 0.25) is 10.0 Å². The summed E-state index contributed by atoms with van der Waals surface area (Å²) in [5.74, 6) is 0. The number of sulfonamides is 1. The summed E-state index contributed by atoms with van der Waals surface area (Å²) in [5, 5.41) is 14.0. The van der Waals surface area contributed by atoms with Crippen molar-refractivity contribution in [3.05, 3.63) is 28.3 Å². The van der Waals surface area contributed by atoms with Gasteiger partial charge in [-0.25, -0.2) is 13.1 Å². The van der Waals surface area contributed by atoms with E-state index >= 15 is 0 Å². The molecule has 0 fully saturated rings. The van der Waals surface area contributed by atoms with Gasteiger partial charge in [-0.05, 0) is 26.1 Å². The number of methoxy groups -OCH3 is 1. The van der Waals surface area contributed by atoms with Crippen LogP contribution in [0.15, 0.2) is 23.1 Å². The molecule has 20 heavy (non-hydrogen) atoms. The topological polar surface area (TPSA) is 111 Å². The molecular weight excluding hydrogens is 286 g/mol. The molecular formula is C11H17N3O5S. The summed E-state index contributed by atoms with van der Waals surface area (Å²) in [7, 11) is -0.950. The molecule has 9 heteroatoms. The maximum Gasteiger partial charge on any atom is 0.293 e. The number of hydrogen-bond acceptors (Lipinski definition) is 6. The molecule has 112 valence electrons. The van der Waals surface area contributed by atoms with E-state index in [4.69, 9.17) is 4.74 Å². The zero-order valence-electron chi connectivity index (χ0n) is 11.4. The van der Waals surface area contributed by atoms with Gasteiger partial charge in [0.15, 0.2) is 0 Å². The molecule has 0 aromatic heterocycles. The van der Waals surface area contributed by atoms with Crippen LogP contribution in [0.4, 0.5) is 11.4 Å². The van der Waals surface area contributed by atoms with E-state index in [0.29, 0.717) is 6.61 Å². The van der Waals surface area contributed by atoms with Gasteiger partial charge in [0, 0.05) is 19.2 Å². The van der Waals surface area contributed by atoms with E-state index in [-0.39, 0.29) is 22.3 Å². The molecule has 0 aliphatic carbocycles. The highest BCUT2D eigenvalue weighted by Crippen LogP contribution is 2.28. The zero-order valence-corrected chi connectivity index (χ0v) is 12.2. The van der Waals surface area contributed by atoms with Crippen molar-refractivity contribution < 1.29 is 18.1 Å². The highest BCUT2D eigenvalue weighted by molar-refractivity contribution is 7.89. The lowest BCUT2D eigenvalue weighted by Gasteiger charge is -2.14. The normalized spacial score (nSPS) is 12.9. The van der Waals surface area contributed by atoms with E-state index in [1.165, 1.54) is 26.3 Å². The summed E-state index contributed by atoms with van der Waals surface area (Å²) in [4.78, 5) is 10.3. The van der Waals surface area contributed by atoms with Crippen LogP contribution >= 0.6 is 0 Å². The third-order valence-corrected chi connectivity index (χ3v) is 3.98. The predicted octanol–water partition coefficient (Wildman–Crippen LogP) is 0.950. The Balaban J connectivity index is 3.18. The van der Waals surface area contributed by atoms with Gasteiger partial charge in [-0.1, -0.05) is 0 Å². The second-order valence-corrected chi connectivity index (χ2v) is 6.03. The molecule has 0 unspecified atom stereocenters. The monoisotopic (exact) mass is 303 g/mol. The van der Waals surface area contributed by atoms with Crippen LogP contribution < -0.4 is 10.0 Å². The van der Waals surface area contributed by atoms with Gasteiger partial charge in [0.25, 0.3) is 5.69 Å². The minimum atomic E-state index is -3.72. The van der Waals surface area contributed by atoms with Crippen molar-refractivity contribution in [3.63, 3.8) is 0 Å². The summed E-state index contributed by atoms with van der Waals surface area (Å²) in [6.45, 7) is 2.17. The summed E-state index contributed by atoms with van der Waals surface area (Å²) in [5.41, 5.74) is -0.0566. The zero-order chi connectivity index (χ0) is 15.3. The second-order valence-electron chi connectivity index (χ2n) is 4.14. The fourth-order valence-corrected chi connectivity index (χ4v) is 2.38. The maximum atomic E-state index is 11.6. The molecule has 0 aliphatic rings. The molecule has 0 radical (unpaired) electrons. The van der Waals surface area contributed by atoms with Gasteiger partial charge in [-0.15, -0.1) is 0 Å². The van der Waals surface area contributed by atoms with Gasteiger partial charge in [-0.3, -0.25) is 10.1 Å². The van der Waals surface area contributed by atoms with Gasteiger partial charge >= 0.3 is 0 Å². The minimum absolute atomic E-state index is 0.148. The molecule has 0 spiro atoms. The van der Waals surface area contributed by atoms with E-state index in [2.05, 4.69) is 10.0 Å². The highest BCUT2D eigenvalue weighted by atomic mass is 32.2. The van der Waals surface area contributed by atoms with Crippen LogP contribution in [0.2, 0.25) is 0 Å². The molecule has 0 bridgehead atoms. The number of anilines is 1. The Morgan fingerprint density at radius 3 is 2.60 bits per heavy atom. The van der Waals surface area contributed by atoms with Crippen molar-refractivity contribution in [2.75, 3.05) is 26.1 Å². The Morgan fingerprint density at radius 1 is 1.45 bits per heavy atom. The number of nitrogens with zero attached hydrogens (tertiary/aromatic N) is 1. The molecule has 1 aromatic carbocycles. The predicted molar refractivity (Wildman–Crippen MR) is 74.3 cm³/mol. The Morgan fingerprint density at radius 2 is 2.10 bits per heavy atom. The average Bonchev–Trinajstić information content (AvgIpc) is 2.38. The summed E-state index contributed by atoms with van der Waals surface area (Å²) >= 11 is 0. The first-order chi connectivity index (χ1) is 9.31. The fourth-order valence-electron chi connectivity index (χ4n) is 1.63. The molecule has 0 aliphatic heterocycles. The van der Waals surface area contributed by atoms with Gasteiger partial charge < -0.3 is 10.1 Å². The summed E-state index contributed by atoms with van der Waals surface area (Å²) in [6.07, 6.45) is 0. The number of nitro groups is 1. The lowest BCUT2D eigenvalue weighted by Crippen LogP contribution is -2.22. The highest BCUT2D eigenvalue weighted by Gasteiger charge is 2.21. The first-order valence-corrected chi connectivity index (χ1v) is 7.27. The van der Waals surface area contributed by atoms with E-state index in [1.807, 2.05) is 0 Å². The van der Waals surface area contributed by atoms with Crippen molar-refractivity contribution >= 4 is 21.4 Å². The molecule has 1 atom stereocenters. The van der Waals surface area contributed by atoms with E-state index in [9.17, 15) is 18.5 Å². The van der Waals surface area contributed by atoms with Crippen molar-refractivity contribution in [1.82, 2.24) is 4.72 Å². The summed E-state index contributed by atoms with van der Waals surface area (Å²) < 4.78 is 30.3. The number of benzene rings is 1. The average molecular weight is 303 g/mol. The number of nitro benzene ring substituents is 1. The van der Waals surface area contributed by atoms with E-state index in [1.54, 1.807) is 6.92 Å². The maximum absolute atomic E-state index is 11.6. The lowest BCUT2D eigenvalue weighted by atomic mass is 10.2. The van der Waals surface area contributed by atoms with Crippen LogP contribution in [0, 0.1) is 10.1 Å². The van der Waals surface area contributed by atoms with Crippen LogP contribution in [0.3, 0.4) is 0 Å². The van der Waals surface area contributed by atoms with Crippen molar-refractivity contribution in [2.24, 2.45) is 0 Å². The van der Waals surface area contributed by atoms with Gasteiger partial charge in [0.05, 0.1) is 16.4 Å². The van der Waals surface area contributed by atoms with Crippen LogP contribution in [0.5, 0.6) is 0 Å². The first-order valence-electron chi connectivity index (χ1n) is 5.79. The quantitative estimate of drug-likeness (QED) is 0.573. The van der Waals surface area contributed by atoms with Crippen LogP contribution in [0.25, 0.3) is 0 Å². The number of hydrogen-bond donors (Lipinski definition) is 2. The SMILES string of the molecule is CNS(=O)(=O)c1ccc(N[C@@H](C)COC)c([N+](=O)[O-])c1. The molecule has 1 rings (SSSR count). The van der Waals surface area contributed by atoms with Gasteiger partial charge in [-0.2, -0.15) is 0 Å². The van der Waals surface area contributed by atoms with E-state index in [0.717, 1.165) is 6.07 Å². The standard InChI is InChI=1S/C11H17N3O5S/c1-8(7-19-3)13-10-5-4-9(20(17,18)12-2)6-11(10)14(15)16/h4-6,8,12-13H,7H2,1-3H3/t8-/m0/s1. The van der Waals surface area contributed by atoms with Crippen molar-refractivity contribution in [3.8, 4) is 0 Å². The summed E-state index contributed by atoms with van der Waals surface area (Å²) in [6, 6.07) is 3.55. The molecule has 2 N–H and O–H groups in total. The van der Waals surface area contributed by atoms with Crippen LogP contribution in [-0.2, 0) is 14.8 Å². The Bertz CT molecular complexity index is 588. The van der Waals surface area contributed by atoms with Crippen molar-refractivity contribution in [2.45, 2.75) is 17.9 Å². The number of ether oxygens (including phenoxy) is 1. The first kappa shape index (κ1) is 16.3. The molecule has 0 saturated carbocycles. The molecule has 0 heterocycles. The smallest absolute Gasteiger partial charge is 0.293 e. The second kappa shape index (κ2) is 6.64. The molecule has 0 amide bonds. The van der Waals surface area contributed by atoms with Crippen LogP contribution in [-0.4, -0.2) is 40.1 Å². The van der Waals surface area contributed by atoms with E-state index < -0.39 is 14.9 Å². The largest absolute Gasteiger partial charge is 0.383 e. The van der Waals surface area contributed by atoms with Crippen molar-refractivity contribution in [1.29, 1.82) is 0 Å². The molecule has 8 nitrogen and oxygen atoms in total. The third kappa shape index (κ3) is 3.89. The Labute approximate surface area is 117 Å². The fraction of sp³-hybridized carbons (Fsp3) is 0.455. The number of rotatable bonds is 7. The third-order valence-electron chi connectivity index (χ3n) is 2.56. The minimum Gasteiger partial charge on any atom is -0.383 e.